The third-order valence-corrected chi connectivity index (χ3v) is 5.68. The molecule has 3 aromatic rings. The highest BCUT2D eigenvalue weighted by atomic mass is 32.1. The molecule has 6 nitrogen and oxygen atoms in total. The number of anilines is 1. The van der Waals surface area contributed by atoms with Crippen molar-refractivity contribution in [3.63, 3.8) is 0 Å². The van der Waals surface area contributed by atoms with E-state index in [1.54, 1.807) is 22.9 Å². The van der Waals surface area contributed by atoms with Crippen LogP contribution in [0, 0.1) is 21.8 Å². The molecule has 3 heterocycles. The number of nitriles is 1. The van der Waals surface area contributed by atoms with Gasteiger partial charge in [0.2, 0.25) is 5.95 Å². The van der Waals surface area contributed by atoms with Crippen LogP contribution in [0.1, 0.15) is 30.9 Å². The molecule has 0 saturated carbocycles. The van der Waals surface area contributed by atoms with Crippen molar-refractivity contribution in [1.82, 2.24) is 14.5 Å². The predicted molar refractivity (Wildman–Crippen MR) is 119 cm³/mol. The lowest BCUT2D eigenvalue weighted by atomic mass is 10.1. The number of pyridine rings is 1. The topological polar surface area (TPSA) is 67.0 Å². The Bertz CT molecular complexity index is 1160. The van der Waals surface area contributed by atoms with Gasteiger partial charge >= 0.3 is 0 Å². The Labute approximate surface area is 185 Å². The average Bonchev–Trinajstić information content (AvgIpc) is 2.80. The van der Waals surface area contributed by atoms with Gasteiger partial charge in [-0.3, -0.25) is 0 Å². The minimum Gasteiger partial charge on any atom is -0.490 e. The molecule has 0 atom stereocenters. The maximum Gasteiger partial charge on any atom is 0.225 e. The van der Waals surface area contributed by atoms with E-state index in [1.807, 2.05) is 24.5 Å². The van der Waals surface area contributed by atoms with E-state index < -0.39 is 5.82 Å². The summed E-state index contributed by atoms with van der Waals surface area (Å²) in [6, 6.07) is 9.84. The van der Waals surface area contributed by atoms with Crippen molar-refractivity contribution in [3.8, 4) is 17.5 Å². The Balaban J connectivity index is 1.39. The molecular formula is C23H22FN5OS. The van der Waals surface area contributed by atoms with Crippen molar-refractivity contribution in [2.75, 3.05) is 18.0 Å². The summed E-state index contributed by atoms with van der Waals surface area (Å²) in [5, 5.41) is 8.89. The lowest BCUT2D eigenvalue weighted by Gasteiger charge is -2.32. The average molecular weight is 436 g/mol. The first-order valence-electron chi connectivity index (χ1n) is 10.2. The Morgan fingerprint density at radius 1 is 1.19 bits per heavy atom. The fraction of sp³-hybridized carbons (Fsp3) is 0.304. The summed E-state index contributed by atoms with van der Waals surface area (Å²) in [6.45, 7) is 3.74. The lowest BCUT2D eigenvalue weighted by molar-refractivity contribution is 0.170. The van der Waals surface area contributed by atoms with Gasteiger partial charge in [-0.15, -0.1) is 0 Å². The number of hydrogen-bond acceptors (Lipinski definition) is 6. The molecule has 1 aromatic carbocycles. The number of piperidine rings is 1. The molecular weight excluding hydrogens is 413 g/mol. The van der Waals surface area contributed by atoms with Crippen molar-refractivity contribution in [3.05, 3.63) is 70.5 Å². The molecule has 1 saturated heterocycles. The second kappa shape index (κ2) is 9.23. The first kappa shape index (κ1) is 20.9. The molecule has 1 fully saturated rings. The third kappa shape index (κ3) is 4.72. The van der Waals surface area contributed by atoms with Gasteiger partial charge in [-0.05, 0) is 36.2 Å². The quantitative estimate of drug-likeness (QED) is 0.545. The van der Waals surface area contributed by atoms with E-state index in [2.05, 4.69) is 21.8 Å². The van der Waals surface area contributed by atoms with E-state index in [0.717, 1.165) is 43.9 Å². The van der Waals surface area contributed by atoms with Gasteiger partial charge < -0.3 is 14.2 Å². The molecule has 0 radical (unpaired) electrons. The zero-order valence-electron chi connectivity index (χ0n) is 17.2. The zero-order valence-corrected chi connectivity index (χ0v) is 18.0. The number of halogens is 1. The highest BCUT2D eigenvalue weighted by Gasteiger charge is 2.22. The minimum atomic E-state index is -0.567. The van der Waals surface area contributed by atoms with E-state index in [-0.39, 0.29) is 11.7 Å². The maximum atomic E-state index is 13.9. The first-order valence-corrected chi connectivity index (χ1v) is 10.6. The number of aromatic nitrogens is 3. The smallest absolute Gasteiger partial charge is 0.225 e. The van der Waals surface area contributed by atoms with Crippen LogP contribution < -0.4 is 9.64 Å². The van der Waals surface area contributed by atoms with Gasteiger partial charge in [0.25, 0.3) is 0 Å². The van der Waals surface area contributed by atoms with Crippen LogP contribution in [0.25, 0.3) is 5.69 Å². The van der Waals surface area contributed by atoms with Crippen molar-refractivity contribution in [2.45, 2.75) is 32.3 Å². The summed E-state index contributed by atoms with van der Waals surface area (Å²) >= 11 is 5.47. The number of hydrogen-bond donors (Lipinski definition) is 0. The molecule has 1 aliphatic heterocycles. The van der Waals surface area contributed by atoms with Crippen LogP contribution in [-0.2, 0) is 6.42 Å². The molecule has 8 heteroatoms. The fourth-order valence-corrected chi connectivity index (χ4v) is 3.83. The SMILES string of the molecule is CCc1cnc(N2CCC(Oc3ccn(-c4ccc(C#N)c(F)c4)c(=S)c3)CC2)nc1. The number of aryl methyl sites for hydroxylation is 1. The predicted octanol–water partition coefficient (Wildman–Crippen LogP) is 4.62. The number of ether oxygens (including phenoxy) is 1. The molecule has 0 aliphatic carbocycles. The highest BCUT2D eigenvalue weighted by Crippen LogP contribution is 2.23. The zero-order chi connectivity index (χ0) is 21.8. The van der Waals surface area contributed by atoms with Crippen molar-refractivity contribution in [2.24, 2.45) is 0 Å². The Morgan fingerprint density at radius 2 is 1.94 bits per heavy atom. The van der Waals surface area contributed by atoms with E-state index in [9.17, 15) is 4.39 Å². The Morgan fingerprint density at radius 3 is 2.55 bits per heavy atom. The molecule has 2 aromatic heterocycles. The van der Waals surface area contributed by atoms with Gasteiger partial charge in [0.1, 0.15) is 28.4 Å². The van der Waals surface area contributed by atoms with Crippen molar-refractivity contribution < 1.29 is 9.13 Å². The van der Waals surface area contributed by atoms with Gasteiger partial charge in [0.05, 0.1) is 5.56 Å². The minimum absolute atomic E-state index is 0.00766. The molecule has 31 heavy (non-hydrogen) atoms. The highest BCUT2D eigenvalue weighted by molar-refractivity contribution is 7.71. The van der Waals surface area contributed by atoms with Gasteiger partial charge in [-0.25, -0.2) is 14.4 Å². The van der Waals surface area contributed by atoms with E-state index in [1.165, 1.54) is 12.1 Å². The first-order chi connectivity index (χ1) is 15.1. The fourth-order valence-electron chi connectivity index (χ4n) is 3.55. The van der Waals surface area contributed by atoms with E-state index in [4.69, 9.17) is 22.2 Å². The molecule has 0 N–H and O–H groups in total. The van der Waals surface area contributed by atoms with Crippen LogP contribution in [0.3, 0.4) is 0 Å². The van der Waals surface area contributed by atoms with Crippen LogP contribution in [0.5, 0.6) is 5.75 Å². The number of nitrogens with zero attached hydrogens (tertiary/aromatic N) is 5. The van der Waals surface area contributed by atoms with Gasteiger partial charge in [0.15, 0.2) is 0 Å². The Kier molecular flexibility index (Phi) is 6.23. The van der Waals surface area contributed by atoms with Gasteiger partial charge in [-0.1, -0.05) is 19.1 Å². The second-order valence-corrected chi connectivity index (χ2v) is 7.81. The summed E-state index contributed by atoms with van der Waals surface area (Å²) in [6.07, 6.45) is 8.27. The summed E-state index contributed by atoms with van der Waals surface area (Å²) in [5.41, 5.74) is 1.70. The summed E-state index contributed by atoms with van der Waals surface area (Å²) in [5.74, 6) is 0.888. The van der Waals surface area contributed by atoms with E-state index >= 15 is 0 Å². The molecule has 0 amide bonds. The maximum absolute atomic E-state index is 13.9. The molecule has 0 spiro atoms. The summed E-state index contributed by atoms with van der Waals surface area (Å²) in [7, 11) is 0. The van der Waals surface area contributed by atoms with Gasteiger partial charge in [0, 0.05) is 56.3 Å². The third-order valence-electron chi connectivity index (χ3n) is 5.37. The normalized spacial score (nSPS) is 14.3. The molecule has 158 valence electrons. The second-order valence-electron chi connectivity index (χ2n) is 7.40. The Hall–Kier alpha value is -3.31. The van der Waals surface area contributed by atoms with Crippen LogP contribution in [-0.4, -0.2) is 33.7 Å². The standard InChI is InChI=1S/C23H22FN5OS/c1-2-16-14-26-23(27-15-16)28-8-5-19(6-9-28)30-20-7-10-29(22(31)12-20)18-4-3-17(13-25)21(24)11-18/h3-4,7,10-12,14-15,19H,2,5-6,8-9H2,1H3. The lowest BCUT2D eigenvalue weighted by Crippen LogP contribution is -2.39. The van der Waals surface area contributed by atoms with E-state index in [0.29, 0.717) is 16.1 Å². The molecule has 1 aliphatic rings. The number of rotatable bonds is 5. The molecule has 0 unspecified atom stereocenters. The van der Waals surface area contributed by atoms with Crippen LogP contribution in [0.2, 0.25) is 0 Å². The van der Waals surface area contributed by atoms with Crippen LogP contribution in [0.4, 0.5) is 10.3 Å². The van der Waals surface area contributed by atoms with Crippen LogP contribution in [0.15, 0.2) is 48.9 Å². The molecule has 0 bridgehead atoms. The number of benzene rings is 1. The van der Waals surface area contributed by atoms with Crippen molar-refractivity contribution >= 4 is 18.2 Å². The van der Waals surface area contributed by atoms with Crippen molar-refractivity contribution in [1.29, 1.82) is 5.26 Å². The largest absolute Gasteiger partial charge is 0.490 e. The molecule has 4 rings (SSSR count). The summed E-state index contributed by atoms with van der Waals surface area (Å²) in [4.78, 5) is 11.1. The van der Waals surface area contributed by atoms with Crippen LogP contribution >= 0.6 is 12.2 Å². The van der Waals surface area contributed by atoms with Gasteiger partial charge in [-0.2, -0.15) is 5.26 Å². The monoisotopic (exact) mass is 435 g/mol. The summed E-state index contributed by atoms with van der Waals surface area (Å²) < 4.78 is 22.3.